The van der Waals surface area contributed by atoms with Gasteiger partial charge >= 0.3 is 17.9 Å². The average molecular weight is 553 g/mol. The minimum absolute atomic E-state index is 0.151. The van der Waals surface area contributed by atoms with Crippen molar-refractivity contribution >= 4 is 29.5 Å². The highest BCUT2D eigenvalue weighted by atomic mass is 16.7. The van der Waals surface area contributed by atoms with Crippen LogP contribution < -0.4 is 4.74 Å². The second kappa shape index (κ2) is 13.1. The summed E-state index contributed by atoms with van der Waals surface area (Å²) in [4.78, 5) is 60.4. The molecule has 1 aromatic rings. The van der Waals surface area contributed by atoms with Gasteiger partial charge in [0.25, 0.3) is 0 Å². The Morgan fingerprint density at radius 2 is 1.46 bits per heavy atom. The van der Waals surface area contributed by atoms with Crippen LogP contribution in [0.3, 0.4) is 0 Å². The fourth-order valence-corrected chi connectivity index (χ4v) is 4.48. The van der Waals surface area contributed by atoms with E-state index in [2.05, 4.69) is 0 Å². The second-order valence-corrected chi connectivity index (χ2v) is 9.17. The summed E-state index contributed by atoms with van der Waals surface area (Å²) in [7, 11) is 1.29. The molecule has 39 heavy (non-hydrogen) atoms. The normalized spacial score (nSPS) is 30.7. The fraction of sp³-hybridized carbons (Fsp3) is 0.577. The van der Waals surface area contributed by atoms with E-state index < -0.39 is 72.9 Å². The number of methoxy groups -OCH3 is 1. The van der Waals surface area contributed by atoms with Crippen LogP contribution in [0.5, 0.6) is 5.75 Å². The van der Waals surface area contributed by atoms with Crippen LogP contribution in [0.4, 0.5) is 0 Å². The van der Waals surface area contributed by atoms with E-state index in [1.54, 1.807) is 24.3 Å². The number of para-hydroxylation sites is 1. The predicted molar refractivity (Wildman–Crippen MR) is 128 cm³/mol. The van der Waals surface area contributed by atoms with Crippen LogP contribution in [-0.4, -0.2) is 84.8 Å². The maximum atomic E-state index is 12.4. The largest absolute Gasteiger partial charge is 0.460 e. The molecule has 0 amide bonds. The number of ketones is 2. The molecule has 0 radical (unpaired) electrons. The Labute approximate surface area is 224 Å². The molecule has 1 N–H and O–H groups in total. The summed E-state index contributed by atoms with van der Waals surface area (Å²) in [5.74, 6) is -2.95. The molecule has 13 nitrogen and oxygen atoms in total. The molecule has 13 heteroatoms. The highest BCUT2D eigenvalue weighted by Crippen LogP contribution is 2.38. The summed E-state index contributed by atoms with van der Waals surface area (Å²) < 4.78 is 39.2. The van der Waals surface area contributed by atoms with Gasteiger partial charge in [0.15, 0.2) is 30.4 Å². The van der Waals surface area contributed by atoms with Gasteiger partial charge in [-0.25, -0.2) is 0 Å². The van der Waals surface area contributed by atoms with E-state index >= 15 is 0 Å². The molecule has 0 bridgehead atoms. The minimum Gasteiger partial charge on any atom is -0.460 e. The van der Waals surface area contributed by atoms with Crippen molar-refractivity contribution in [2.75, 3.05) is 7.11 Å². The van der Waals surface area contributed by atoms with Gasteiger partial charge in [-0.15, -0.1) is 0 Å². The summed E-state index contributed by atoms with van der Waals surface area (Å²) in [6.45, 7) is 4.67. The van der Waals surface area contributed by atoms with Crippen molar-refractivity contribution in [2.24, 2.45) is 0 Å². The van der Waals surface area contributed by atoms with E-state index in [-0.39, 0.29) is 24.4 Å². The third-order valence-electron chi connectivity index (χ3n) is 6.00. The summed E-state index contributed by atoms with van der Waals surface area (Å²) in [5.41, 5.74) is 0.388. The molecule has 2 saturated heterocycles. The molecule has 0 saturated carbocycles. The number of aliphatic hydroxyl groups is 1. The molecule has 1 aromatic carbocycles. The quantitative estimate of drug-likeness (QED) is 0.339. The zero-order chi connectivity index (χ0) is 28.9. The summed E-state index contributed by atoms with van der Waals surface area (Å²) in [6.07, 6.45) is -10.6. The van der Waals surface area contributed by atoms with Gasteiger partial charge in [0, 0.05) is 46.3 Å². The number of carbonyl (C=O) groups excluding carboxylic acids is 5. The lowest BCUT2D eigenvalue weighted by atomic mass is 9.94. The Morgan fingerprint density at radius 3 is 2.05 bits per heavy atom. The van der Waals surface area contributed by atoms with Crippen LogP contribution in [-0.2, 0) is 52.4 Å². The number of aliphatic hydroxyl groups excluding tert-OH is 1. The smallest absolute Gasteiger partial charge is 0.303 e. The van der Waals surface area contributed by atoms with Crippen molar-refractivity contribution in [1.29, 1.82) is 0 Å². The van der Waals surface area contributed by atoms with E-state index in [4.69, 9.17) is 33.2 Å². The summed E-state index contributed by atoms with van der Waals surface area (Å²) >= 11 is 0. The van der Waals surface area contributed by atoms with Gasteiger partial charge < -0.3 is 38.3 Å². The Morgan fingerprint density at radius 1 is 0.872 bits per heavy atom. The third-order valence-corrected chi connectivity index (χ3v) is 6.00. The number of rotatable bonds is 9. The molecule has 0 spiro atoms. The Bertz CT molecular complexity index is 1090. The number of benzene rings is 1. The van der Waals surface area contributed by atoms with Crippen molar-refractivity contribution in [3.8, 4) is 5.75 Å². The topological polar surface area (TPSA) is 170 Å². The molecule has 1 unspecified atom stereocenters. The number of Topliss-reactive ketones (excluding diaryl/α,β-unsaturated/α-hetero) is 2. The summed E-state index contributed by atoms with van der Waals surface area (Å²) in [5, 5.41) is 10.0. The zero-order valence-corrected chi connectivity index (χ0v) is 22.2. The van der Waals surface area contributed by atoms with Crippen molar-refractivity contribution in [1.82, 2.24) is 0 Å². The van der Waals surface area contributed by atoms with Crippen LogP contribution in [0.2, 0.25) is 0 Å². The molecule has 2 aliphatic rings. The lowest BCUT2D eigenvalue weighted by Gasteiger charge is -2.44. The van der Waals surface area contributed by atoms with Gasteiger partial charge in [-0.05, 0) is 13.0 Å². The van der Waals surface area contributed by atoms with Crippen LogP contribution in [0.25, 0.3) is 0 Å². The molecule has 0 aromatic heterocycles. The maximum absolute atomic E-state index is 12.4. The lowest BCUT2D eigenvalue weighted by molar-refractivity contribution is -0.283. The van der Waals surface area contributed by atoms with Crippen molar-refractivity contribution in [3.63, 3.8) is 0 Å². The fourth-order valence-electron chi connectivity index (χ4n) is 4.48. The Balaban J connectivity index is 2.01. The van der Waals surface area contributed by atoms with Gasteiger partial charge in [0.05, 0.1) is 6.10 Å². The number of ether oxygens (including phenoxy) is 7. The van der Waals surface area contributed by atoms with E-state index in [0.29, 0.717) is 5.56 Å². The molecule has 2 fully saturated rings. The lowest BCUT2D eigenvalue weighted by Crippen LogP contribution is -2.63. The van der Waals surface area contributed by atoms with Crippen molar-refractivity contribution in [3.05, 3.63) is 29.8 Å². The average Bonchev–Trinajstić information content (AvgIpc) is 2.84. The molecule has 3 rings (SSSR count). The van der Waals surface area contributed by atoms with Crippen LogP contribution in [0.15, 0.2) is 24.3 Å². The van der Waals surface area contributed by atoms with Crippen LogP contribution in [0.1, 0.15) is 52.2 Å². The monoisotopic (exact) mass is 552 g/mol. The SMILES string of the molecule is CO[C@H]1OC(c2ccccc2O[C@@H]2O[C@H](CC(C)=O)[C@@H](OC(C)=O)[C@H](OC(C)=O)[C@H]2OC(C)=O)CC(=O)[C@@H]1O. The van der Waals surface area contributed by atoms with Gasteiger partial charge in [0.1, 0.15) is 17.6 Å². The maximum Gasteiger partial charge on any atom is 0.303 e. The first-order chi connectivity index (χ1) is 18.4. The first-order valence-corrected chi connectivity index (χ1v) is 12.2. The molecular weight excluding hydrogens is 520 g/mol. The van der Waals surface area contributed by atoms with Crippen LogP contribution >= 0.6 is 0 Å². The molecule has 0 aliphatic carbocycles. The first-order valence-electron chi connectivity index (χ1n) is 12.2. The molecule has 2 aliphatic heterocycles. The molecule has 2 heterocycles. The van der Waals surface area contributed by atoms with Gasteiger partial charge in [0.2, 0.25) is 12.4 Å². The van der Waals surface area contributed by atoms with E-state index in [9.17, 15) is 29.1 Å². The first kappa shape index (κ1) is 30.2. The van der Waals surface area contributed by atoms with Gasteiger partial charge in [-0.2, -0.15) is 0 Å². The summed E-state index contributed by atoms with van der Waals surface area (Å²) in [6, 6.07) is 6.47. The zero-order valence-electron chi connectivity index (χ0n) is 22.2. The second-order valence-electron chi connectivity index (χ2n) is 9.17. The van der Waals surface area contributed by atoms with E-state index in [1.807, 2.05) is 0 Å². The molecule has 214 valence electrons. The number of hydrogen-bond acceptors (Lipinski definition) is 13. The third kappa shape index (κ3) is 7.60. The Kier molecular flexibility index (Phi) is 10.1. The predicted octanol–water partition coefficient (Wildman–Crippen LogP) is 0.928. The van der Waals surface area contributed by atoms with Crippen LogP contribution in [0, 0.1) is 0 Å². The van der Waals surface area contributed by atoms with Crippen molar-refractivity contribution in [2.45, 2.75) is 89.7 Å². The van der Waals surface area contributed by atoms with Gasteiger partial charge in [-0.3, -0.25) is 24.0 Å². The number of hydrogen-bond donors (Lipinski definition) is 1. The van der Waals surface area contributed by atoms with Gasteiger partial charge in [-0.1, -0.05) is 18.2 Å². The number of esters is 3. The van der Waals surface area contributed by atoms with E-state index in [1.165, 1.54) is 14.0 Å². The standard InChI is InChI=1S/C26H32O13/c1-12(27)10-20-22(34-13(2)28)23(35-14(3)29)24(36-15(4)30)26(39-20)37-18-9-7-6-8-16(18)19-11-17(31)21(32)25(33-5)38-19/h6-9,19-26,32H,10-11H2,1-5H3/t19?,20-,21+,22-,23+,24-,25+,26-/m1/s1. The number of carbonyl (C=O) groups is 5. The van der Waals surface area contributed by atoms with E-state index in [0.717, 1.165) is 20.8 Å². The molecule has 8 atom stereocenters. The molecular formula is C26H32O13. The minimum atomic E-state index is -1.45. The Hall–Kier alpha value is -3.39. The highest BCUT2D eigenvalue weighted by molar-refractivity contribution is 5.84. The highest BCUT2D eigenvalue weighted by Gasteiger charge is 2.53. The van der Waals surface area contributed by atoms with Crippen molar-refractivity contribution < 1.29 is 62.2 Å².